The van der Waals surface area contributed by atoms with E-state index in [9.17, 15) is 0 Å². The molecule has 2 nitrogen and oxygen atoms in total. The minimum Gasteiger partial charge on any atom is -0.320 e. The van der Waals surface area contributed by atoms with Gasteiger partial charge in [-0.15, -0.1) is 11.3 Å². The second-order valence-corrected chi connectivity index (χ2v) is 4.35. The van der Waals surface area contributed by atoms with Gasteiger partial charge in [0.25, 0.3) is 0 Å². The van der Waals surface area contributed by atoms with E-state index in [-0.39, 0.29) is 5.54 Å². The molecule has 0 aliphatic heterocycles. The lowest BCUT2D eigenvalue weighted by Gasteiger charge is -2.13. The number of aromatic nitrogens is 1. The molecule has 0 unspecified atom stereocenters. The van der Waals surface area contributed by atoms with Gasteiger partial charge in [0.05, 0.1) is 11.7 Å². The second kappa shape index (κ2) is 2.49. The van der Waals surface area contributed by atoms with Crippen LogP contribution in [-0.4, -0.2) is 4.98 Å². The SMILES string of the molecule is CC(C)(N)c1ncc(Cl)s1. The monoisotopic (exact) mass is 176 g/mol. The molecule has 0 saturated heterocycles. The summed E-state index contributed by atoms with van der Waals surface area (Å²) in [6.07, 6.45) is 1.62. The van der Waals surface area contributed by atoms with Crippen LogP contribution in [0, 0.1) is 0 Å². The molecule has 0 spiro atoms. The average molecular weight is 177 g/mol. The first-order chi connectivity index (χ1) is 4.50. The quantitative estimate of drug-likeness (QED) is 0.711. The number of hydrogen-bond acceptors (Lipinski definition) is 3. The fraction of sp³-hybridized carbons (Fsp3) is 0.500. The lowest BCUT2D eigenvalue weighted by Crippen LogP contribution is -2.28. The maximum absolute atomic E-state index is 5.76. The molecule has 0 fully saturated rings. The number of nitrogens with zero attached hydrogens (tertiary/aromatic N) is 1. The van der Waals surface area contributed by atoms with Crippen molar-refractivity contribution in [1.29, 1.82) is 0 Å². The summed E-state index contributed by atoms with van der Waals surface area (Å²) in [7, 11) is 0. The maximum atomic E-state index is 5.76. The molecular weight excluding hydrogens is 168 g/mol. The molecule has 56 valence electrons. The molecule has 0 radical (unpaired) electrons. The van der Waals surface area contributed by atoms with Gasteiger partial charge in [-0.3, -0.25) is 0 Å². The molecule has 0 aromatic carbocycles. The van der Waals surface area contributed by atoms with Crippen LogP contribution < -0.4 is 5.73 Å². The number of hydrogen-bond donors (Lipinski definition) is 1. The maximum Gasteiger partial charge on any atom is 0.113 e. The van der Waals surface area contributed by atoms with E-state index in [1.165, 1.54) is 11.3 Å². The number of thiazole rings is 1. The van der Waals surface area contributed by atoms with Gasteiger partial charge in [-0.1, -0.05) is 11.6 Å². The van der Waals surface area contributed by atoms with Gasteiger partial charge >= 0.3 is 0 Å². The molecule has 0 atom stereocenters. The number of rotatable bonds is 1. The van der Waals surface area contributed by atoms with E-state index in [2.05, 4.69) is 4.98 Å². The smallest absolute Gasteiger partial charge is 0.113 e. The highest BCUT2D eigenvalue weighted by Crippen LogP contribution is 2.25. The first-order valence-electron chi connectivity index (χ1n) is 2.91. The fourth-order valence-electron chi connectivity index (χ4n) is 0.552. The molecule has 2 N–H and O–H groups in total. The van der Waals surface area contributed by atoms with Crippen molar-refractivity contribution < 1.29 is 0 Å². The standard InChI is InChI=1S/C6H9ClN2S/c1-6(2,8)5-9-3-4(7)10-5/h3H,8H2,1-2H3. The van der Waals surface area contributed by atoms with Crippen LogP contribution in [0.4, 0.5) is 0 Å². The van der Waals surface area contributed by atoms with Crippen molar-refractivity contribution in [3.8, 4) is 0 Å². The third kappa shape index (κ3) is 1.68. The summed E-state index contributed by atoms with van der Waals surface area (Å²) >= 11 is 7.09. The highest BCUT2D eigenvalue weighted by molar-refractivity contribution is 7.15. The van der Waals surface area contributed by atoms with Crippen LogP contribution in [0.1, 0.15) is 18.9 Å². The Morgan fingerprint density at radius 3 is 2.50 bits per heavy atom. The minimum atomic E-state index is -0.363. The van der Waals surface area contributed by atoms with Gasteiger partial charge in [0.15, 0.2) is 0 Å². The molecule has 0 amide bonds. The molecule has 4 heteroatoms. The highest BCUT2D eigenvalue weighted by atomic mass is 35.5. The van der Waals surface area contributed by atoms with E-state index >= 15 is 0 Å². The van der Waals surface area contributed by atoms with Crippen molar-refractivity contribution >= 4 is 22.9 Å². The van der Waals surface area contributed by atoms with E-state index < -0.39 is 0 Å². The first-order valence-corrected chi connectivity index (χ1v) is 4.10. The predicted octanol–water partition coefficient (Wildman–Crippen LogP) is 1.99. The third-order valence-electron chi connectivity index (χ3n) is 1.03. The lowest BCUT2D eigenvalue weighted by molar-refractivity contribution is 0.550. The van der Waals surface area contributed by atoms with Gasteiger partial charge in [0, 0.05) is 0 Å². The largest absolute Gasteiger partial charge is 0.320 e. The van der Waals surface area contributed by atoms with E-state index in [1.54, 1.807) is 6.20 Å². The Morgan fingerprint density at radius 1 is 1.70 bits per heavy atom. The van der Waals surface area contributed by atoms with Crippen LogP contribution in [0.15, 0.2) is 6.20 Å². The van der Waals surface area contributed by atoms with Crippen molar-refractivity contribution in [2.24, 2.45) is 5.73 Å². The zero-order valence-electron chi connectivity index (χ0n) is 5.89. The Balaban J connectivity index is 2.96. The molecule has 10 heavy (non-hydrogen) atoms. The second-order valence-electron chi connectivity index (χ2n) is 2.69. The first kappa shape index (κ1) is 7.98. The van der Waals surface area contributed by atoms with Gasteiger partial charge in [-0.2, -0.15) is 0 Å². The minimum absolute atomic E-state index is 0.363. The Hall–Kier alpha value is -0.120. The van der Waals surface area contributed by atoms with Crippen LogP contribution in [0.3, 0.4) is 0 Å². The normalized spacial score (nSPS) is 12.0. The van der Waals surface area contributed by atoms with E-state index in [0.717, 1.165) is 5.01 Å². The van der Waals surface area contributed by atoms with Gasteiger partial charge in [-0.05, 0) is 13.8 Å². The summed E-state index contributed by atoms with van der Waals surface area (Å²) in [5, 5.41) is 0.873. The molecule has 1 aromatic rings. The number of halogens is 1. The predicted molar refractivity (Wildman–Crippen MR) is 44.3 cm³/mol. The lowest BCUT2D eigenvalue weighted by atomic mass is 10.1. The Bertz CT molecular complexity index is 226. The third-order valence-corrected chi connectivity index (χ3v) is 2.48. The van der Waals surface area contributed by atoms with Crippen LogP contribution in [0.5, 0.6) is 0 Å². The summed E-state index contributed by atoms with van der Waals surface area (Å²) in [5.41, 5.74) is 5.40. The Morgan fingerprint density at radius 2 is 2.30 bits per heavy atom. The van der Waals surface area contributed by atoms with Gasteiger partial charge in [0.2, 0.25) is 0 Å². The van der Waals surface area contributed by atoms with Gasteiger partial charge < -0.3 is 5.73 Å². The molecule has 1 rings (SSSR count). The van der Waals surface area contributed by atoms with Gasteiger partial charge in [0.1, 0.15) is 9.34 Å². The van der Waals surface area contributed by atoms with Crippen molar-refractivity contribution in [2.75, 3.05) is 0 Å². The average Bonchev–Trinajstić information content (AvgIpc) is 2.11. The van der Waals surface area contributed by atoms with Crippen LogP contribution in [-0.2, 0) is 5.54 Å². The highest BCUT2D eigenvalue weighted by Gasteiger charge is 2.17. The van der Waals surface area contributed by atoms with E-state index in [1.807, 2.05) is 13.8 Å². The molecule has 0 aliphatic carbocycles. The molecule has 0 bridgehead atoms. The zero-order valence-corrected chi connectivity index (χ0v) is 7.46. The molecule has 0 aliphatic rings. The molecule has 1 heterocycles. The van der Waals surface area contributed by atoms with Crippen LogP contribution in [0.2, 0.25) is 4.34 Å². The summed E-state index contributed by atoms with van der Waals surface area (Å²) in [4.78, 5) is 4.05. The molecular formula is C6H9ClN2S. The van der Waals surface area contributed by atoms with Crippen molar-refractivity contribution in [3.63, 3.8) is 0 Å². The van der Waals surface area contributed by atoms with Crippen LogP contribution >= 0.6 is 22.9 Å². The van der Waals surface area contributed by atoms with Gasteiger partial charge in [-0.25, -0.2) is 4.98 Å². The Kier molecular flexibility index (Phi) is 1.99. The fourth-order valence-corrected chi connectivity index (χ4v) is 1.48. The van der Waals surface area contributed by atoms with E-state index in [4.69, 9.17) is 17.3 Å². The van der Waals surface area contributed by atoms with Crippen molar-refractivity contribution in [2.45, 2.75) is 19.4 Å². The van der Waals surface area contributed by atoms with Crippen molar-refractivity contribution in [3.05, 3.63) is 15.5 Å². The topological polar surface area (TPSA) is 38.9 Å². The summed E-state index contributed by atoms with van der Waals surface area (Å²) in [5.74, 6) is 0. The van der Waals surface area contributed by atoms with E-state index in [0.29, 0.717) is 4.34 Å². The summed E-state index contributed by atoms with van der Waals surface area (Å²) < 4.78 is 0.688. The Labute approximate surface area is 69.0 Å². The molecule has 1 aromatic heterocycles. The molecule has 0 saturated carbocycles. The summed E-state index contributed by atoms with van der Waals surface area (Å²) in [6, 6.07) is 0. The van der Waals surface area contributed by atoms with Crippen molar-refractivity contribution in [1.82, 2.24) is 4.98 Å². The number of nitrogens with two attached hydrogens (primary N) is 1. The summed E-state index contributed by atoms with van der Waals surface area (Å²) in [6.45, 7) is 3.81. The van der Waals surface area contributed by atoms with Crippen LogP contribution in [0.25, 0.3) is 0 Å². The zero-order chi connectivity index (χ0) is 7.78.